The summed E-state index contributed by atoms with van der Waals surface area (Å²) in [6.07, 6.45) is 5.39. The minimum atomic E-state index is 0. The summed E-state index contributed by atoms with van der Waals surface area (Å²) in [5.74, 6) is 0. The maximum absolute atomic E-state index is 3.53. The van der Waals surface area contributed by atoms with Gasteiger partial charge in [0.15, 0.2) is 0 Å². The molecular weight excluding hydrogens is 611 g/mol. The quantitative estimate of drug-likeness (QED) is 0.256. The Labute approximate surface area is 237 Å². The molecule has 3 aromatic rings. The van der Waals surface area contributed by atoms with Gasteiger partial charge in [-0.2, -0.15) is 47.5 Å². The Morgan fingerprint density at radius 2 is 1.36 bits per heavy atom. The molecular formula is C30H36Br2Zr-2. The molecule has 0 N–H and O–H groups in total. The van der Waals surface area contributed by atoms with Gasteiger partial charge in [-0.25, -0.2) is 12.1 Å². The molecule has 33 heavy (non-hydrogen) atoms. The van der Waals surface area contributed by atoms with E-state index in [-0.39, 0.29) is 44.8 Å². The van der Waals surface area contributed by atoms with E-state index in [1.807, 2.05) is 30.3 Å². The predicted molar refractivity (Wildman–Crippen MR) is 132 cm³/mol. The molecule has 5 rings (SSSR count). The molecule has 3 heteroatoms. The molecule has 3 aromatic carbocycles. The van der Waals surface area contributed by atoms with Crippen molar-refractivity contribution in [2.45, 2.75) is 78.1 Å². The number of halogens is 2. The third-order valence-corrected chi connectivity index (χ3v) is 7.27. The Morgan fingerprint density at radius 3 is 1.79 bits per heavy atom. The topological polar surface area (TPSA) is 0 Å². The molecule has 2 aliphatic carbocycles. The molecule has 0 spiro atoms. The van der Waals surface area contributed by atoms with E-state index in [2.05, 4.69) is 77.9 Å². The van der Waals surface area contributed by atoms with Crippen LogP contribution in [0, 0.1) is 6.07 Å². The zero-order chi connectivity index (χ0) is 22.6. The normalized spacial score (nSPS) is 13.5. The molecule has 0 radical (unpaired) electrons. The van der Waals surface area contributed by atoms with Gasteiger partial charge in [0.1, 0.15) is 0 Å². The summed E-state index contributed by atoms with van der Waals surface area (Å²) < 4.78 is 1.78. The zero-order valence-corrected chi connectivity index (χ0v) is 26.5. The molecule has 0 atom stereocenters. The smallest absolute Gasteiger partial charge is 0.172 e. The summed E-state index contributed by atoms with van der Waals surface area (Å²) in [5.41, 5.74) is 8.76. The first-order valence-electron chi connectivity index (χ1n) is 11.5. The number of rotatable bonds is 0. The molecule has 0 saturated heterocycles. The number of fused-ring (bicyclic) bond motifs is 3. The summed E-state index contributed by atoms with van der Waals surface area (Å²) in [6.45, 7) is 13.6. The van der Waals surface area contributed by atoms with E-state index >= 15 is 0 Å². The molecule has 176 valence electrons. The average Bonchev–Trinajstić information content (AvgIpc) is 3.36. The molecule has 0 unspecified atom stereocenters. The summed E-state index contributed by atoms with van der Waals surface area (Å²) in [5, 5.41) is 0. The van der Waals surface area contributed by atoms with Crippen LogP contribution >= 0.6 is 0 Å². The van der Waals surface area contributed by atoms with Crippen LogP contribution in [0.25, 0.3) is 11.1 Å². The summed E-state index contributed by atoms with van der Waals surface area (Å²) in [4.78, 5) is 0. The Kier molecular flexibility index (Phi) is 12.0. The van der Waals surface area contributed by atoms with Crippen LogP contribution < -0.4 is 34.0 Å². The number of benzene rings is 2. The van der Waals surface area contributed by atoms with Crippen LogP contribution in [-0.2, 0) is 41.5 Å². The molecule has 0 nitrogen and oxygen atoms in total. The summed E-state index contributed by atoms with van der Waals surface area (Å²) in [6, 6.07) is 25.1. The zero-order valence-electron chi connectivity index (χ0n) is 20.9. The third-order valence-electron chi connectivity index (χ3n) is 6.04. The van der Waals surface area contributed by atoms with E-state index in [1.54, 1.807) is 27.4 Å². The fraction of sp³-hybridized carbons (Fsp3) is 0.400. The second-order valence-electron chi connectivity index (χ2n) is 10.7. The van der Waals surface area contributed by atoms with E-state index in [0.717, 1.165) is 6.42 Å². The van der Waals surface area contributed by atoms with Crippen molar-refractivity contribution >= 4 is 3.21 Å². The Hall–Kier alpha value is -0.497. The van der Waals surface area contributed by atoms with Gasteiger partial charge in [0, 0.05) is 0 Å². The average molecular weight is 648 g/mol. The van der Waals surface area contributed by atoms with Crippen molar-refractivity contribution in [3.8, 4) is 11.1 Å². The Bertz CT molecular complexity index is 934. The summed E-state index contributed by atoms with van der Waals surface area (Å²) >= 11 is 1.67. The fourth-order valence-electron chi connectivity index (χ4n) is 3.66. The minimum absolute atomic E-state index is 0. The SMILES string of the molecule is CC(C)(C)c1c[c-]c2c(c1)-c1cc(C(C)(C)C)ccc1C2.[Br-].[Br-].[Zr+2]=[C]1CCC1.c1cc[cH-]c1. The maximum Gasteiger partial charge on any atom is -0.172 e. The number of hydrogen-bond acceptors (Lipinski definition) is 0. The van der Waals surface area contributed by atoms with Gasteiger partial charge in [-0.15, -0.1) is 5.56 Å². The second kappa shape index (κ2) is 13.0. The van der Waals surface area contributed by atoms with Gasteiger partial charge >= 0.3 is 46.7 Å². The van der Waals surface area contributed by atoms with Crippen molar-refractivity contribution in [3.63, 3.8) is 0 Å². The van der Waals surface area contributed by atoms with Crippen LogP contribution in [0.15, 0.2) is 60.7 Å². The molecule has 0 aromatic heterocycles. The minimum Gasteiger partial charge on any atom is -0.214 e. The van der Waals surface area contributed by atoms with Crippen LogP contribution in [0.2, 0.25) is 0 Å². The molecule has 0 aliphatic heterocycles. The first-order valence-corrected chi connectivity index (χ1v) is 12.7. The molecule has 0 heterocycles. The summed E-state index contributed by atoms with van der Waals surface area (Å²) in [7, 11) is 0. The van der Waals surface area contributed by atoms with Gasteiger partial charge in [-0.05, 0) is 17.4 Å². The van der Waals surface area contributed by atoms with E-state index in [1.165, 1.54) is 52.6 Å². The van der Waals surface area contributed by atoms with Crippen LogP contribution in [0.4, 0.5) is 0 Å². The van der Waals surface area contributed by atoms with Gasteiger partial charge in [0.05, 0.1) is 0 Å². The van der Waals surface area contributed by atoms with Crippen LogP contribution in [0.5, 0.6) is 0 Å². The van der Waals surface area contributed by atoms with Crippen molar-refractivity contribution in [1.82, 2.24) is 0 Å². The van der Waals surface area contributed by atoms with Crippen molar-refractivity contribution in [2.24, 2.45) is 0 Å². The molecule has 1 fully saturated rings. The Balaban J connectivity index is 0.000000375. The predicted octanol–water partition coefficient (Wildman–Crippen LogP) is 1.96. The molecule has 0 bridgehead atoms. The van der Waals surface area contributed by atoms with E-state index in [0.29, 0.717) is 0 Å². The third kappa shape index (κ3) is 8.59. The first-order chi connectivity index (χ1) is 14.6. The Morgan fingerprint density at radius 1 is 0.818 bits per heavy atom. The van der Waals surface area contributed by atoms with E-state index in [4.69, 9.17) is 0 Å². The second-order valence-corrected chi connectivity index (χ2v) is 12.5. The fourth-order valence-corrected chi connectivity index (χ4v) is 4.53. The first kappa shape index (κ1) is 30.5. The molecule has 1 saturated carbocycles. The van der Waals surface area contributed by atoms with Gasteiger partial charge < -0.3 is 34.0 Å². The van der Waals surface area contributed by atoms with E-state index in [9.17, 15) is 0 Å². The van der Waals surface area contributed by atoms with Crippen LogP contribution in [0.3, 0.4) is 0 Å². The van der Waals surface area contributed by atoms with Crippen molar-refractivity contribution < 1.29 is 58.2 Å². The van der Waals surface area contributed by atoms with Gasteiger partial charge in [0.25, 0.3) is 0 Å². The molecule has 0 amide bonds. The van der Waals surface area contributed by atoms with Crippen molar-refractivity contribution in [1.29, 1.82) is 0 Å². The van der Waals surface area contributed by atoms with E-state index < -0.39 is 0 Å². The van der Waals surface area contributed by atoms with Crippen LogP contribution in [0.1, 0.15) is 83.1 Å². The van der Waals surface area contributed by atoms with Gasteiger partial charge in [-0.1, -0.05) is 76.3 Å². The van der Waals surface area contributed by atoms with Crippen molar-refractivity contribution in [2.75, 3.05) is 0 Å². The molecule has 2 aliphatic rings. The van der Waals surface area contributed by atoms with Gasteiger partial charge in [-0.3, -0.25) is 0 Å². The van der Waals surface area contributed by atoms with Crippen LogP contribution in [-0.4, -0.2) is 3.21 Å². The van der Waals surface area contributed by atoms with Crippen molar-refractivity contribution in [3.05, 3.63) is 89.0 Å². The standard InChI is InChI=1S/C21H25.C5H5.C4H6.2BrH.Zr/c1-20(2,3)16-9-7-14-11-15-8-10-17(21(4,5)6)13-19(15)18(14)12-16;1-2-4-5-3-1;1-2-4-3-1;;;/h7,9-10,12-13H,11H2,1-6H3;1-5H;1-3H2;2*1H;/q2*-1;;;;+2/p-2. The number of hydrogen-bond donors (Lipinski definition) is 0. The maximum atomic E-state index is 3.53. The largest absolute Gasteiger partial charge is 0.214 e. The monoisotopic (exact) mass is 644 g/mol. The van der Waals surface area contributed by atoms with Gasteiger partial charge in [0.2, 0.25) is 0 Å².